The fourth-order valence-corrected chi connectivity index (χ4v) is 5.47. The molecule has 3 rings (SSSR count). The van der Waals surface area contributed by atoms with Gasteiger partial charge in [0.15, 0.2) is 4.90 Å². The van der Waals surface area contributed by atoms with Gasteiger partial charge in [-0.2, -0.15) is 4.31 Å². The Morgan fingerprint density at radius 3 is 2.68 bits per heavy atom. The van der Waals surface area contributed by atoms with Crippen LogP contribution < -0.4 is 5.73 Å². The van der Waals surface area contributed by atoms with Gasteiger partial charge in [-0.1, -0.05) is 15.9 Å². The van der Waals surface area contributed by atoms with E-state index in [-0.39, 0.29) is 22.8 Å². The van der Waals surface area contributed by atoms with E-state index in [2.05, 4.69) is 15.9 Å². The average molecular weight is 390 g/mol. The summed E-state index contributed by atoms with van der Waals surface area (Å²) in [5.74, 6) is 0.420. The van der Waals surface area contributed by atoms with Crippen molar-refractivity contribution in [2.24, 2.45) is 17.6 Å². The Morgan fingerprint density at radius 2 is 2.05 bits per heavy atom. The van der Waals surface area contributed by atoms with Crippen LogP contribution in [0.5, 0.6) is 0 Å². The number of nitro benzene ring substituents is 1. The van der Waals surface area contributed by atoms with Crippen molar-refractivity contribution in [3.8, 4) is 0 Å². The maximum atomic E-state index is 12.8. The number of hydrogen-bond donors (Lipinski definition) is 1. The van der Waals surface area contributed by atoms with Crippen LogP contribution in [0.15, 0.2) is 27.6 Å². The summed E-state index contributed by atoms with van der Waals surface area (Å²) in [6.07, 6.45) is 1.84. The molecule has 2 aliphatic rings. The molecule has 22 heavy (non-hydrogen) atoms. The molecule has 1 saturated heterocycles. The highest BCUT2D eigenvalue weighted by molar-refractivity contribution is 9.10. The van der Waals surface area contributed by atoms with Crippen molar-refractivity contribution in [3.63, 3.8) is 0 Å². The minimum atomic E-state index is -3.88. The van der Waals surface area contributed by atoms with Crippen molar-refractivity contribution in [2.45, 2.75) is 23.8 Å². The Morgan fingerprint density at radius 1 is 1.32 bits per heavy atom. The fraction of sp³-hybridized carbons (Fsp3) is 0.538. The Labute approximate surface area is 136 Å². The van der Waals surface area contributed by atoms with Crippen molar-refractivity contribution in [1.82, 2.24) is 4.31 Å². The summed E-state index contributed by atoms with van der Waals surface area (Å²) < 4.78 is 27.4. The highest BCUT2D eigenvalue weighted by atomic mass is 79.9. The molecule has 0 bridgehead atoms. The first-order valence-electron chi connectivity index (χ1n) is 7.00. The molecule has 1 aromatic rings. The number of rotatable bonds is 3. The first-order chi connectivity index (χ1) is 10.3. The van der Waals surface area contributed by atoms with E-state index in [0.717, 1.165) is 12.8 Å². The number of hydrogen-bond acceptors (Lipinski definition) is 5. The SMILES string of the molecule is NC1CCC2CN(S(=O)(=O)c3ccc(Br)cc3[N+](=O)[O-])CC12. The zero-order valence-electron chi connectivity index (χ0n) is 11.7. The summed E-state index contributed by atoms with van der Waals surface area (Å²) in [4.78, 5) is 10.2. The van der Waals surface area contributed by atoms with Gasteiger partial charge in [-0.3, -0.25) is 10.1 Å². The third-order valence-corrected chi connectivity index (χ3v) is 6.99. The van der Waals surface area contributed by atoms with Crippen LogP contribution in [0.1, 0.15) is 12.8 Å². The first kappa shape index (κ1) is 15.9. The molecule has 0 radical (unpaired) electrons. The molecule has 3 unspecified atom stereocenters. The smallest absolute Gasteiger partial charge is 0.290 e. The van der Waals surface area contributed by atoms with Crippen molar-refractivity contribution in [1.29, 1.82) is 0 Å². The van der Waals surface area contributed by atoms with E-state index in [0.29, 0.717) is 17.6 Å². The zero-order valence-corrected chi connectivity index (χ0v) is 14.1. The van der Waals surface area contributed by atoms with E-state index >= 15 is 0 Å². The van der Waals surface area contributed by atoms with Crippen molar-refractivity contribution >= 4 is 31.6 Å². The number of nitrogens with two attached hydrogens (primary N) is 1. The standard InChI is InChI=1S/C13H16BrN3O4S/c14-9-2-4-13(12(5-9)17(18)19)22(20,21)16-6-8-1-3-11(15)10(8)7-16/h2,4-5,8,10-11H,1,3,6-7,15H2. The van der Waals surface area contributed by atoms with Crippen LogP contribution in [0.4, 0.5) is 5.69 Å². The molecule has 1 heterocycles. The summed E-state index contributed by atoms with van der Waals surface area (Å²) in [6.45, 7) is 0.745. The summed E-state index contributed by atoms with van der Waals surface area (Å²) in [5, 5.41) is 11.2. The minimum absolute atomic E-state index is 0.0186. The molecule has 0 amide bonds. The highest BCUT2D eigenvalue weighted by Crippen LogP contribution is 2.40. The maximum Gasteiger partial charge on any atom is 0.290 e. The lowest BCUT2D eigenvalue weighted by molar-refractivity contribution is -0.387. The van der Waals surface area contributed by atoms with Gasteiger partial charge in [0.05, 0.1) is 4.92 Å². The van der Waals surface area contributed by atoms with Gasteiger partial charge in [0.2, 0.25) is 10.0 Å². The van der Waals surface area contributed by atoms with E-state index in [4.69, 9.17) is 5.73 Å². The number of benzene rings is 1. The predicted octanol–water partition coefficient (Wildman–Crippen LogP) is 1.72. The van der Waals surface area contributed by atoms with E-state index in [1.165, 1.54) is 22.5 Å². The molecule has 3 atom stereocenters. The van der Waals surface area contributed by atoms with Crippen molar-refractivity contribution in [2.75, 3.05) is 13.1 Å². The molecule has 0 spiro atoms. The van der Waals surface area contributed by atoms with Crippen molar-refractivity contribution in [3.05, 3.63) is 32.8 Å². The van der Waals surface area contributed by atoms with Gasteiger partial charge < -0.3 is 5.73 Å². The molecule has 7 nitrogen and oxygen atoms in total. The van der Waals surface area contributed by atoms with Crippen LogP contribution in [0.25, 0.3) is 0 Å². The third-order valence-electron chi connectivity index (χ3n) is 4.61. The van der Waals surface area contributed by atoms with E-state index < -0.39 is 20.6 Å². The van der Waals surface area contributed by atoms with Gasteiger partial charge in [-0.25, -0.2) is 8.42 Å². The normalized spacial score (nSPS) is 28.7. The second kappa shape index (κ2) is 5.55. The Balaban J connectivity index is 1.96. The Kier molecular flexibility index (Phi) is 4.00. The topological polar surface area (TPSA) is 107 Å². The Bertz CT molecular complexity index is 724. The lowest BCUT2D eigenvalue weighted by atomic mass is 9.98. The van der Waals surface area contributed by atoms with E-state index in [1.54, 1.807) is 0 Å². The van der Waals surface area contributed by atoms with Gasteiger partial charge in [0, 0.05) is 29.7 Å². The van der Waals surface area contributed by atoms with Gasteiger partial charge in [0.25, 0.3) is 5.69 Å². The molecule has 1 aliphatic heterocycles. The molecule has 2 N–H and O–H groups in total. The first-order valence-corrected chi connectivity index (χ1v) is 9.23. The molecule has 1 saturated carbocycles. The largest absolute Gasteiger partial charge is 0.327 e. The monoisotopic (exact) mass is 389 g/mol. The summed E-state index contributed by atoms with van der Waals surface area (Å²) in [5.41, 5.74) is 5.62. The number of fused-ring (bicyclic) bond motifs is 1. The van der Waals surface area contributed by atoms with Gasteiger partial charge in [-0.05, 0) is 36.8 Å². The van der Waals surface area contributed by atoms with Gasteiger partial charge in [0.1, 0.15) is 0 Å². The third kappa shape index (κ3) is 2.55. The fourth-order valence-electron chi connectivity index (χ4n) is 3.45. The summed E-state index contributed by atoms with van der Waals surface area (Å²) in [6, 6.07) is 4.02. The van der Waals surface area contributed by atoms with E-state index in [1.807, 2.05) is 0 Å². The van der Waals surface area contributed by atoms with Gasteiger partial charge in [-0.15, -0.1) is 0 Å². The maximum absolute atomic E-state index is 12.8. The quantitative estimate of drug-likeness (QED) is 0.625. The van der Waals surface area contributed by atoms with Crippen molar-refractivity contribution < 1.29 is 13.3 Å². The van der Waals surface area contributed by atoms with Crippen LogP contribution in [-0.2, 0) is 10.0 Å². The molecular formula is C13H16BrN3O4S. The van der Waals surface area contributed by atoms with Crippen LogP contribution in [-0.4, -0.2) is 36.8 Å². The molecule has 120 valence electrons. The number of sulfonamides is 1. The highest BCUT2D eigenvalue weighted by Gasteiger charge is 2.46. The van der Waals surface area contributed by atoms with Crippen LogP contribution in [0.2, 0.25) is 0 Å². The van der Waals surface area contributed by atoms with Crippen LogP contribution in [0.3, 0.4) is 0 Å². The average Bonchev–Trinajstić information content (AvgIpc) is 3.01. The second-order valence-electron chi connectivity index (χ2n) is 5.86. The zero-order chi connectivity index (χ0) is 16.1. The molecule has 1 aliphatic carbocycles. The lowest BCUT2D eigenvalue weighted by Gasteiger charge is -2.18. The molecule has 1 aromatic carbocycles. The summed E-state index contributed by atoms with van der Waals surface area (Å²) >= 11 is 3.13. The van der Waals surface area contributed by atoms with Crippen LogP contribution >= 0.6 is 15.9 Å². The molecular weight excluding hydrogens is 374 g/mol. The molecule has 9 heteroatoms. The minimum Gasteiger partial charge on any atom is -0.327 e. The van der Waals surface area contributed by atoms with Crippen LogP contribution in [0, 0.1) is 22.0 Å². The van der Waals surface area contributed by atoms with Gasteiger partial charge >= 0.3 is 0 Å². The molecule has 2 fully saturated rings. The Hall–Kier alpha value is -1.03. The lowest BCUT2D eigenvalue weighted by Crippen LogP contribution is -2.33. The number of nitro groups is 1. The second-order valence-corrected chi connectivity index (χ2v) is 8.68. The summed E-state index contributed by atoms with van der Waals surface area (Å²) in [7, 11) is -3.88. The predicted molar refractivity (Wildman–Crippen MR) is 83.7 cm³/mol. The number of halogens is 1. The molecule has 0 aromatic heterocycles. The number of nitrogens with zero attached hydrogens (tertiary/aromatic N) is 2. The van der Waals surface area contributed by atoms with E-state index in [9.17, 15) is 18.5 Å².